The second-order valence-corrected chi connectivity index (χ2v) is 6.95. The molecule has 1 aromatic heterocycles. The normalized spacial score (nSPS) is 24.5. The van der Waals surface area contributed by atoms with Crippen molar-refractivity contribution in [3.8, 4) is 11.4 Å². The summed E-state index contributed by atoms with van der Waals surface area (Å²) in [6, 6.07) is 3.36. The molecule has 122 valence electrons. The van der Waals surface area contributed by atoms with Crippen molar-refractivity contribution >= 4 is 16.7 Å². The fourth-order valence-electron chi connectivity index (χ4n) is 3.48. The summed E-state index contributed by atoms with van der Waals surface area (Å²) in [5.74, 6) is -0.865. The highest BCUT2D eigenvalue weighted by Gasteiger charge is 2.40. The molecule has 7 heteroatoms. The third-order valence-corrected chi connectivity index (χ3v) is 5.31. The van der Waals surface area contributed by atoms with Crippen molar-refractivity contribution in [1.82, 2.24) is 9.36 Å². The highest BCUT2D eigenvalue weighted by Crippen LogP contribution is 2.37. The summed E-state index contributed by atoms with van der Waals surface area (Å²) in [6.07, 6.45) is 4.34. The van der Waals surface area contributed by atoms with Crippen molar-refractivity contribution in [2.24, 2.45) is 0 Å². The Morgan fingerprint density at radius 1 is 1.13 bits per heavy atom. The second-order valence-electron chi connectivity index (χ2n) is 6.22. The Morgan fingerprint density at radius 3 is 2.65 bits per heavy atom. The Balaban J connectivity index is 1.57. The van der Waals surface area contributed by atoms with Crippen LogP contribution >= 0.6 is 11.5 Å². The van der Waals surface area contributed by atoms with Gasteiger partial charge in [-0.25, -0.2) is 8.78 Å². The SMILES string of the molecule is Fc1cc(F)cc(-c2nsc(N3CCCC4(CCCO4)C3)n2)c1. The zero-order chi connectivity index (χ0) is 15.9. The minimum absolute atomic E-state index is 0.0466. The van der Waals surface area contributed by atoms with Crippen LogP contribution in [0, 0.1) is 11.6 Å². The molecule has 2 saturated heterocycles. The number of halogens is 2. The molecule has 0 N–H and O–H groups in total. The zero-order valence-electron chi connectivity index (χ0n) is 12.6. The molecule has 4 nitrogen and oxygen atoms in total. The number of hydrogen-bond donors (Lipinski definition) is 0. The maximum absolute atomic E-state index is 13.4. The molecule has 0 saturated carbocycles. The van der Waals surface area contributed by atoms with Crippen molar-refractivity contribution in [3.63, 3.8) is 0 Å². The van der Waals surface area contributed by atoms with Crippen LogP contribution in [0.4, 0.5) is 13.9 Å². The van der Waals surface area contributed by atoms with Crippen LogP contribution in [0.3, 0.4) is 0 Å². The number of anilines is 1. The van der Waals surface area contributed by atoms with Crippen molar-refractivity contribution in [2.45, 2.75) is 31.3 Å². The maximum Gasteiger partial charge on any atom is 0.205 e. The highest BCUT2D eigenvalue weighted by molar-refractivity contribution is 7.09. The molecule has 1 aromatic carbocycles. The number of rotatable bonds is 2. The molecule has 23 heavy (non-hydrogen) atoms. The van der Waals surface area contributed by atoms with Gasteiger partial charge in [0, 0.05) is 42.9 Å². The van der Waals surface area contributed by atoms with Gasteiger partial charge >= 0.3 is 0 Å². The van der Waals surface area contributed by atoms with E-state index in [-0.39, 0.29) is 5.60 Å². The van der Waals surface area contributed by atoms with E-state index in [1.54, 1.807) is 0 Å². The molecule has 2 aromatic rings. The van der Waals surface area contributed by atoms with Crippen LogP contribution in [0.25, 0.3) is 11.4 Å². The Hall–Kier alpha value is -1.60. The monoisotopic (exact) mass is 337 g/mol. The van der Waals surface area contributed by atoms with E-state index >= 15 is 0 Å². The van der Waals surface area contributed by atoms with Gasteiger partial charge in [0.15, 0.2) is 5.82 Å². The van der Waals surface area contributed by atoms with Gasteiger partial charge in [0.1, 0.15) is 11.6 Å². The third-order valence-electron chi connectivity index (χ3n) is 4.53. The molecule has 2 aliphatic heterocycles. The average molecular weight is 337 g/mol. The molecule has 1 spiro atoms. The van der Waals surface area contributed by atoms with Crippen LogP contribution in [0.15, 0.2) is 18.2 Å². The first kappa shape index (κ1) is 15.0. The van der Waals surface area contributed by atoms with Gasteiger partial charge in [-0.1, -0.05) is 0 Å². The van der Waals surface area contributed by atoms with E-state index < -0.39 is 11.6 Å². The molecule has 0 bridgehead atoms. The zero-order valence-corrected chi connectivity index (χ0v) is 13.4. The maximum atomic E-state index is 13.4. The summed E-state index contributed by atoms with van der Waals surface area (Å²) in [5.41, 5.74) is 0.323. The standard InChI is InChI=1S/C16H17F2N3OS/c17-12-7-11(8-13(18)9-12)14-19-15(23-20-14)21-5-1-3-16(10-21)4-2-6-22-16/h7-9H,1-6,10H2. The minimum Gasteiger partial charge on any atom is -0.373 e. The molecule has 0 aliphatic carbocycles. The van der Waals surface area contributed by atoms with E-state index in [1.165, 1.54) is 23.7 Å². The number of aromatic nitrogens is 2. The molecular formula is C16H17F2N3OS. The van der Waals surface area contributed by atoms with Gasteiger partial charge in [0.05, 0.1) is 5.60 Å². The lowest BCUT2D eigenvalue weighted by Gasteiger charge is -2.39. The van der Waals surface area contributed by atoms with Gasteiger partial charge in [0.2, 0.25) is 5.13 Å². The van der Waals surface area contributed by atoms with E-state index in [0.717, 1.165) is 56.6 Å². The van der Waals surface area contributed by atoms with Crippen molar-refractivity contribution in [3.05, 3.63) is 29.8 Å². The molecule has 1 unspecified atom stereocenters. The summed E-state index contributed by atoms with van der Waals surface area (Å²) in [5, 5.41) is 0.791. The number of piperidine rings is 1. The number of hydrogen-bond acceptors (Lipinski definition) is 5. The highest BCUT2D eigenvalue weighted by atomic mass is 32.1. The van der Waals surface area contributed by atoms with Crippen LogP contribution in [-0.2, 0) is 4.74 Å². The Kier molecular flexibility index (Phi) is 3.77. The number of nitrogens with zero attached hydrogens (tertiary/aromatic N) is 3. The van der Waals surface area contributed by atoms with Crippen LogP contribution in [0.5, 0.6) is 0 Å². The summed E-state index contributed by atoms with van der Waals surface area (Å²) in [4.78, 5) is 6.67. The van der Waals surface area contributed by atoms with Crippen LogP contribution in [0.1, 0.15) is 25.7 Å². The van der Waals surface area contributed by atoms with E-state index in [0.29, 0.717) is 11.4 Å². The predicted octanol–water partition coefficient (Wildman–Crippen LogP) is 3.63. The first-order valence-electron chi connectivity index (χ1n) is 7.83. The smallest absolute Gasteiger partial charge is 0.205 e. The lowest BCUT2D eigenvalue weighted by Crippen LogP contribution is -2.47. The Morgan fingerprint density at radius 2 is 1.91 bits per heavy atom. The van der Waals surface area contributed by atoms with Gasteiger partial charge in [0.25, 0.3) is 0 Å². The number of ether oxygens (including phenoxy) is 1. The topological polar surface area (TPSA) is 38.2 Å². The van der Waals surface area contributed by atoms with Crippen LogP contribution in [0.2, 0.25) is 0 Å². The van der Waals surface area contributed by atoms with Crippen molar-refractivity contribution in [1.29, 1.82) is 0 Å². The van der Waals surface area contributed by atoms with Gasteiger partial charge < -0.3 is 9.64 Å². The van der Waals surface area contributed by atoms with E-state index in [2.05, 4.69) is 14.3 Å². The van der Waals surface area contributed by atoms with Gasteiger partial charge in [-0.05, 0) is 37.8 Å². The fourth-order valence-corrected chi connectivity index (χ4v) is 4.20. The first-order chi connectivity index (χ1) is 11.1. The number of benzene rings is 1. The Labute approximate surface area is 137 Å². The first-order valence-corrected chi connectivity index (χ1v) is 8.60. The predicted molar refractivity (Wildman–Crippen MR) is 84.6 cm³/mol. The third kappa shape index (κ3) is 2.95. The fraction of sp³-hybridized carbons (Fsp3) is 0.500. The van der Waals surface area contributed by atoms with Crippen LogP contribution in [-0.4, -0.2) is 34.7 Å². The molecule has 2 fully saturated rings. The van der Waals surface area contributed by atoms with E-state index in [4.69, 9.17) is 4.74 Å². The van der Waals surface area contributed by atoms with E-state index in [1.807, 2.05) is 0 Å². The van der Waals surface area contributed by atoms with Gasteiger partial charge in [-0.3, -0.25) is 0 Å². The molecule has 0 radical (unpaired) electrons. The molecule has 4 rings (SSSR count). The lowest BCUT2D eigenvalue weighted by atomic mass is 9.90. The Bertz CT molecular complexity index is 695. The van der Waals surface area contributed by atoms with Crippen molar-refractivity contribution < 1.29 is 13.5 Å². The minimum atomic E-state index is -0.618. The average Bonchev–Trinajstić information content (AvgIpc) is 3.16. The summed E-state index contributed by atoms with van der Waals surface area (Å²) >= 11 is 1.27. The summed E-state index contributed by atoms with van der Waals surface area (Å²) < 4.78 is 37.0. The summed E-state index contributed by atoms with van der Waals surface area (Å²) in [6.45, 7) is 2.56. The van der Waals surface area contributed by atoms with Crippen molar-refractivity contribution in [2.75, 3.05) is 24.6 Å². The molecule has 2 aliphatic rings. The quantitative estimate of drug-likeness (QED) is 0.839. The lowest BCUT2D eigenvalue weighted by molar-refractivity contribution is -0.00620. The van der Waals surface area contributed by atoms with Crippen LogP contribution < -0.4 is 4.90 Å². The molecule has 3 heterocycles. The molecule has 1 atom stereocenters. The molecular weight excluding hydrogens is 320 g/mol. The molecule has 0 amide bonds. The van der Waals surface area contributed by atoms with Gasteiger partial charge in [-0.15, -0.1) is 0 Å². The van der Waals surface area contributed by atoms with E-state index in [9.17, 15) is 8.78 Å². The van der Waals surface area contributed by atoms with Gasteiger partial charge in [-0.2, -0.15) is 9.36 Å². The second kappa shape index (κ2) is 5.79. The summed E-state index contributed by atoms with van der Waals surface area (Å²) in [7, 11) is 0. The largest absolute Gasteiger partial charge is 0.373 e.